The van der Waals surface area contributed by atoms with Gasteiger partial charge in [0, 0.05) is 31.1 Å². The van der Waals surface area contributed by atoms with Crippen LogP contribution in [0, 0.1) is 0 Å². The van der Waals surface area contributed by atoms with Crippen LogP contribution < -0.4 is 9.46 Å². The molecule has 2 amide bonds. The number of aromatic nitrogens is 1. The van der Waals surface area contributed by atoms with Crippen molar-refractivity contribution in [3.05, 3.63) is 83.7 Å². The summed E-state index contributed by atoms with van der Waals surface area (Å²) in [4.78, 5) is 30.0. The molecule has 1 aromatic heterocycles. The van der Waals surface area contributed by atoms with Gasteiger partial charge in [0.1, 0.15) is 5.75 Å². The normalized spacial score (nSPS) is 14.4. The number of rotatable bonds is 15. The maximum atomic E-state index is 13.0. The summed E-state index contributed by atoms with van der Waals surface area (Å²) in [7, 11) is -3.91. The van der Waals surface area contributed by atoms with Gasteiger partial charge in [0.05, 0.1) is 30.1 Å². The number of carbonyl (C=O) groups is 2. The zero-order valence-corrected chi connectivity index (χ0v) is 26.0. The number of nitrogens with one attached hydrogen (secondary N) is 1. The van der Waals surface area contributed by atoms with Crippen LogP contribution in [0.2, 0.25) is 0 Å². The van der Waals surface area contributed by atoms with E-state index in [0.29, 0.717) is 24.2 Å². The summed E-state index contributed by atoms with van der Waals surface area (Å²) < 4.78 is 33.0. The Labute approximate surface area is 263 Å². The molecular weight excluding hydrogens is 598 g/mol. The Bertz CT molecular complexity index is 1510. The van der Waals surface area contributed by atoms with Crippen LogP contribution in [-0.2, 0) is 16.4 Å². The predicted molar refractivity (Wildman–Crippen MR) is 169 cm³/mol. The third kappa shape index (κ3) is 10.3. The molecule has 1 heterocycles. The molecule has 242 valence electrons. The lowest BCUT2D eigenvalue weighted by Gasteiger charge is -2.24. The van der Waals surface area contributed by atoms with Gasteiger partial charge in [-0.15, -0.1) is 0 Å². The molecule has 0 unspecified atom stereocenters. The number of ether oxygens (including phenoxy) is 1. The van der Waals surface area contributed by atoms with E-state index in [4.69, 9.17) is 9.84 Å². The minimum absolute atomic E-state index is 0.0239. The second-order valence-electron chi connectivity index (χ2n) is 11.2. The summed E-state index contributed by atoms with van der Waals surface area (Å²) in [5, 5.41) is 29.0. The zero-order chi connectivity index (χ0) is 32.2. The van der Waals surface area contributed by atoms with Crippen LogP contribution in [0.4, 0.5) is 4.79 Å². The highest BCUT2D eigenvalue weighted by atomic mass is 32.2. The maximum absolute atomic E-state index is 13.0. The number of carbonyl (C=O) groups excluding carboxylic acids is 1. The Balaban J connectivity index is 1.42. The number of pyridine rings is 1. The van der Waals surface area contributed by atoms with Crippen LogP contribution in [0.25, 0.3) is 11.1 Å². The van der Waals surface area contributed by atoms with E-state index >= 15 is 0 Å². The number of amides is 2. The molecular formula is C33H41N3O8S. The first-order valence-corrected chi connectivity index (χ1v) is 16.9. The lowest BCUT2D eigenvalue weighted by molar-refractivity contribution is 0.0959. The predicted octanol–water partition coefficient (Wildman–Crippen LogP) is 4.55. The topological polar surface area (TPSA) is 166 Å². The van der Waals surface area contributed by atoms with E-state index in [1.165, 1.54) is 11.1 Å². The Hall–Kier alpha value is -4.00. The van der Waals surface area contributed by atoms with Gasteiger partial charge in [0.25, 0.3) is 5.91 Å². The van der Waals surface area contributed by atoms with Gasteiger partial charge in [-0.3, -0.25) is 9.78 Å². The first-order chi connectivity index (χ1) is 21.6. The average Bonchev–Trinajstić information content (AvgIpc) is 3.04. The number of aliphatic hydroxyl groups excluding tert-OH is 2. The third-order valence-electron chi connectivity index (χ3n) is 7.81. The minimum Gasteiger partial charge on any atom is -0.490 e. The van der Waals surface area contributed by atoms with Gasteiger partial charge in [0.15, 0.2) is 0 Å². The molecule has 0 aliphatic heterocycles. The number of benzene rings is 2. The van der Waals surface area contributed by atoms with Gasteiger partial charge < -0.3 is 25.0 Å². The molecule has 12 heteroatoms. The van der Waals surface area contributed by atoms with Gasteiger partial charge >= 0.3 is 6.09 Å². The largest absolute Gasteiger partial charge is 0.490 e. The maximum Gasteiger partial charge on any atom is 0.407 e. The SMILES string of the molecule is O=C(NS(=O)(=O)CCCO)c1ccc(-c2ccc(CCCN(C[C@H](O)c3cccnc3)C(=O)O)cc2)cc1OC1CCCCC1. The molecule has 3 aromatic rings. The second-order valence-corrected chi connectivity index (χ2v) is 13.1. The van der Waals surface area contributed by atoms with E-state index in [9.17, 15) is 28.2 Å². The van der Waals surface area contributed by atoms with Crippen molar-refractivity contribution < 1.29 is 38.1 Å². The summed E-state index contributed by atoms with van der Waals surface area (Å²) in [6.07, 6.45) is 7.10. The summed E-state index contributed by atoms with van der Waals surface area (Å²) in [5.41, 5.74) is 3.38. The van der Waals surface area contributed by atoms with Gasteiger partial charge in [-0.25, -0.2) is 17.9 Å². The fourth-order valence-electron chi connectivity index (χ4n) is 5.34. The van der Waals surface area contributed by atoms with Crippen molar-refractivity contribution in [3.8, 4) is 16.9 Å². The summed E-state index contributed by atoms with van der Waals surface area (Å²) in [5.74, 6) is -0.815. The summed E-state index contributed by atoms with van der Waals surface area (Å²) >= 11 is 0. The molecule has 4 N–H and O–H groups in total. The van der Waals surface area contributed by atoms with Crippen LogP contribution in [0.5, 0.6) is 5.75 Å². The first kappa shape index (κ1) is 33.9. The van der Waals surface area contributed by atoms with Crippen molar-refractivity contribution in [1.82, 2.24) is 14.6 Å². The van der Waals surface area contributed by atoms with Crippen molar-refractivity contribution >= 4 is 22.0 Å². The van der Waals surface area contributed by atoms with E-state index < -0.39 is 28.1 Å². The van der Waals surface area contributed by atoms with E-state index in [0.717, 1.165) is 48.8 Å². The number of hydrogen-bond acceptors (Lipinski definition) is 8. The average molecular weight is 640 g/mol. The smallest absolute Gasteiger partial charge is 0.407 e. The molecule has 0 saturated heterocycles. The number of aryl methyl sites for hydroxylation is 1. The molecule has 1 fully saturated rings. The van der Waals surface area contributed by atoms with Gasteiger partial charge in [-0.05, 0) is 79.8 Å². The van der Waals surface area contributed by atoms with Gasteiger partial charge in [0.2, 0.25) is 10.0 Å². The van der Waals surface area contributed by atoms with Crippen LogP contribution in [-0.4, -0.2) is 77.2 Å². The van der Waals surface area contributed by atoms with Crippen molar-refractivity contribution in [3.63, 3.8) is 0 Å². The quantitative estimate of drug-likeness (QED) is 0.187. The van der Waals surface area contributed by atoms with Gasteiger partial charge in [-0.1, -0.05) is 42.8 Å². The fraction of sp³-hybridized carbons (Fsp3) is 0.424. The van der Waals surface area contributed by atoms with Crippen LogP contribution in [0.3, 0.4) is 0 Å². The summed E-state index contributed by atoms with van der Waals surface area (Å²) in [6.45, 7) is -0.0836. The monoisotopic (exact) mass is 639 g/mol. The van der Waals surface area contributed by atoms with E-state index in [1.807, 2.05) is 24.3 Å². The zero-order valence-electron chi connectivity index (χ0n) is 25.2. The highest BCUT2D eigenvalue weighted by Gasteiger charge is 2.23. The Morgan fingerprint density at radius 3 is 2.42 bits per heavy atom. The number of nitrogens with zero attached hydrogens (tertiary/aromatic N) is 2. The number of hydrogen-bond donors (Lipinski definition) is 4. The Morgan fingerprint density at radius 2 is 1.76 bits per heavy atom. The van der Waals surface area contributed by atoms with Gasteiger partial charge in [-0.2, -0.15) is 0 Å². The van der Waals surface area contributed by atoms with Crippen LogP contribution in [0.1, 0.15) is 72.5 Å². The van der Waals surface area contributed by atoms with Crippen molar-refractivity contribution in [2.45, 2.75) is 63.6 Å². The lowest BCUT2D eigenvalue weighted by atomic mass is 9.97. The van der Waals surface area contributed by atoms with Crippen LogP contribution >= 0.6 is 0 Å². The van der Waals surface area contributed by atoms with Crippen molar-refractivity contribution in [1.29, 1.82) is 0 Å². The Morgan fingerprint density at radius 1 is 1.02 bits per heavy atom. The fourth-order valence-corrected chi connectivity index (χ4v) is 6.35. The standard InChI is InChI=1S/C33H41N3O8S/c37-19-6-20-45(42,43)35-32(39)29-16-15-26(21-31(29)44-28-9-2-1-3-10-28)25-13-11-24(12-14-25)7-5-18-36(33(40)41)23-30(38)27-8-4-17-34-22-27/h4,8,11-17,21-22,28,30,37-38H,1-3,5-7,9-10,18-20,23H2,(H,35,39)(H,40,41)/t30-/m0/s1. The molecule has 1 atom stereocenters. The van der Waals surface area contributed by atoms with E-state index in [-0.39, 0.29) is 43.5 Å². The molecule has 45 heavy (non-hydrogen) atoms. The van der Waals surface area contributed by atoms with E-state index in [2.05, 4.69) is 9.71 Å². The minimum atomic E-state index is -3.91. The molecule has 0 bridgehead atoms. The highest BCUT2D eigenvalue weighted by molar-refractivity contribution is 7.90. The second kappa shape index (κ2) is 16.4. The molecule has 11 nitrogen and oxygen atoms in total. The first-order valence-electron chi connectivity index (χ1n) is 15.3. The van der Waals surface area contributed by atoms with Crippen molar-refractivity contribution in [2.24, 2.45) is 0 Å². The summed E-state index contributed by atoms with van der Waals surface area (Å²) in [6, 6.07) is 16.3. The van der Waals surface area contributed by atoms with Crippen LogP contribution in [0.15, 0.2) is 67.0 Å². The van der Waals surface area contributed by atoms with E-state index in [1.54, 1.807) is 36.5 Å². The third-order valence-corrected chi connectivity index (χ3v) is 9.13. The molecule has 0 spiro atoms. The van der Waals surface area contributed by atoms with Crippen molar-refractivity contribution in [2.75, 3.05) is 25.4 Å². The molecule has 0 radical (unpaired) electrons. The molecule has 1 saturated carbocycles. The highest BCUT2D eigenvalue weighted by Crippen LogP contribution is 2.31. The number of carboxylic acid groups (broad SMARTS) is 1. The molecule has 4 rings (SSSR count). The molecule has 1 aliphatic rings. The molecule has 2 aromatic carbocycles. The number of sulfonamides is 1. The molecule has 1 aliphatic carbocycles. The Kier molecular flexibility index (Phi) is 12.3. The number of aliphatic hydroxyl groups is 2. The lowest BCUT2D eigenvalue weighted by Crippen LogP contribution is -2.34.